The molecule has 0 radical (unpaired) electrons. The molecule has 0 aliphatic carbocycles. The summed E-state index contributed by atoms with van der Waals surface area (Å²) in [7, 11) is 0. The zero-order valence-electron chi connectivity index (χ0n) is 16.5. The quantitative estimate of drug-likeness (QED) is 0.551. The molecule has 2 aromatic carbocycles. The monoisotopic (exact) mass is 405 g/mol. The van der Waals surface area contributed by atoms with E-state index >= 15 is 0 Å². The van der Waals surface area contributed by atoms with Gasteiger partial charge in [-0.15, -0.1) is 0 Å². The molecule has 1 amide bonds. The van der Waals surface area contributed by atoms with Gasteiger partial charge < -0.3 is 5.32 Å². The summed E-state index contributed by atoms with van der Waals surface area (Å²) in [6.07, 6.45) is 2.72. The van der Waals surface area contributed by atoms with Crippen LogP contribution in [0.15, 0.2) is 65.8 Å². The van der Waals surface area contributed by atoms with Gasteiger partial charge >= 0.3 is 0 Å². The molecule has 2 aromatic heterocycles. The van der Waals surface area contributed by atoms with Crippen LogP contribution in [0.1, 0.15) is 25.3 Å². The van der Waals surface area contributed by atoms with E-state index in [1.165, 1.54) is 33.9 Å². The van der Waals surface area contributed by atoms with Gasteiger partial charge in [0.15, 0.2) is 5.65 Å². The van der Waals surface area contributed by atoms with Crippen molar-refractivity contribution in [3.05, 3.63) is 82.8 Å². The van der Waals surface area contributed by atoms with Crippen LogP contribution in [0, 0.1) is 5.82 Å². The van der Waals surface area contributed by atoms with Crippen molar-refractivity contribution in [2.75, 3.05) is 5.32 Å². The minimum Gasteiger partial charge on any atom is -0.324 e. The molecule has 4 aromatic rings. The Bertz CT molecular complexity index is 1270. The van der Waals surface area contributed by atoms with Crippen LogP contribution in [0.5, 0.6) is 0 Å². The van der Waals surface area contributed by atoms with E-state index in [9.17, 15) is 14.0 Å². The van der Waals surface area contributed by atoms with Gasteiger partial charge in [0.25, 0.3) is 5.56 Å². The number of para-hydroxylation sites is 1. The van der Waals surface area contributed by atoms with Gasteiger partial charge in [0.05, 0.1) is 11.9 Å². The van der Waals surface area contributed by atoms with Gasteiger partial charge in [0.2, 0.25) is 5.91 Å². The number of carbonyl (C=O) groups is 1. The van der Waals surface area contributed by atoms with E-state index in [0.29, 0.717) is 11.3 Å². The second-order valence-corrected chi connectivity index (χ2v) is 7.24. The smallest absolute Gasteiger partial charge is 0.264 e. The third-order valence-electron chi connectivity index (χ3n) is 4.80. The minimum absolute atomic E-state index is 0.171. The van der Waals surface area contributed by atoms with Gasteiger partial charge in [-0.2, -0.15) is 5.10 Å². The van der Waals surface area contributed by atoms with Gasteiger partial charge in [-0.25, -0.2) is 14.1 Å². The van der Waals surface area contributed by atoms with Crippen molar-refractivity contribution < 1.29 is 9.18 Å². The molecule has 0 saturated heterocycles. The van der Waals surface area contributed by atoms with Crippen LogP contribution < -0.4 is 10.9 Å². The highest BCUT2D eigenvalue weighted by molar-refractivity contribution is 5.91. The summed E-state index contributed by atoms with van der Waals surface area (Å²) in [6, 6.07) is 13.3. The average molecular weight is 405 g/mol. The minimum atomic E-state index is -0.374. The van der Waals surface area contributed by atoms with Crippen molar-refractivity contribution in [2.45, 2.75) is 26.3 Å². The fourth-order valence-electron chi connectivity index (χ4n) is 3.29. The Kier molecular flexibility index (Phi) is 5.14. The van der Waals surface area contributed by atoms with E-state index in [-0.39, 0.29) is 35.1 Å². The Labute approximate surface area is 171 Å². The molecule has 2 heterocycles. The number of anilines is 1. The molecule has 4 rings (SSSR count). The number of benzene rings is 2. The highest BCUT2D eigenvalue weighted by atomic mass is 19.1. The predicted molar refractivity (Wildman–Crippen MR) is 112 cm³/mol. The molecule has 7 nitrogen and oxygen atoms in total. The van der Waals surface area contributed by atoms with Crippen LogP contribution in [0.2, 0.25) is 0 Å². The van der Waals surface area contributed by atoms with E-state index < -0.39 is 0 Å². The number of hydrogen-bond donors (Lipinski definition) is 1. The lowest BCUT2D eigenvalue weighted by Crippen LogP contribution is -2.28. The van der Waals surface area contributed by atoms with Crippen LogP contribution in [-0.2, 0) is 11.3 Å². The number of nitrogens with zero attached hydrogens (tertiary/aromatic N) is 4. The fourth-order valence-corrected chi connectivity index (χ4v) is 3.29. The molecule has 0 aliphatic heterocycles. The summed E-state index contributed by atoms with van der Waals surface area (Å²) in [6.45, 7) is 3.92. The van der Waals surface area contributed by atoms with Gasteiger partial charge in [-0.05, 0) is 41.8 Å². The molecule has 30 heavy (non-hydrogen) atoms. The molecule has 0 aliphatic rings. The first-order valence-corrected chi connectivity index (χ1v) is 9.52. The largest absolute Gasteiger partial charge is 0.324 e. The number of hydrogen-bond acceptors (Lipinski definition) is 4. The SMILES string of the molecule is CC(C)c1ccccc1NC(=O)Cn1cnc2c(cnn2-c2ccc(F)cc2)c1=O. The van der Waals surface area contributed by atoms with Crippen molar-refractivity contribution in [3.8, 4) is 5.69 Å². The number of halogens is 1. The number of aromatic nitrogens is 4. The number of rotatable bonds is 5. The first-order chi connectivity index (χ1) is 14.4. The lowest BCUT2D eigenvalue weighted by Gasteiger charge is -2.14. The number of amides is 1. The van der Waals surface area contributed by atoms with E-state index in [0.717, 1.165) is 11.3 Å². The normalized spacial score (nSPS) is 11.2. The molecule has 0 bridgehead atoms. The lowest BCUT2D eigenvalue weighted by molar-refractivity contribution is -0.116. The van der Waals surface area contributed by atoms with Gasteiger partial charge in [0.1, 0.15) is 24.1 Å². The molecule has 0 saturated carbocycles. The van der Waals surface area contributed by atoms with Crippen LogP contribution in [-0.4, -0.2) is 25.2 Å². The average Bonchev–Trinajstić information content (AvgIpc) is 3.16. The molecule has 1 N–H and O–H groups in total. The fraction of sp³-hybridized carbons (Fsp3) is 0.182. The third-order valence-corrected chi connectivity index (χ3v) is 4.80. The van der Waals surface area contributed by atoms with Crippen molar-refractivity contribution in [1.82, 2.24) is 19.3 Å². The Morgan fingerprint density at radius 3 is 2.60 bits per heavy atom. The van der Waals surface area contributed by atoms with E-state index in [4.69, 9.17) is 0 Å². The molecule has 0 spiro atoms. The summed E-state index contributed by atoms with van der Waals surface area (Å²) in [5, 5.41) is 7.34. The number of carbonyl (C=O) groups excluding carboxylic acids is 1. The Balaban J connectivity index is 1.60. The summed E-state index contributed by atoms with van der Waals surface area (Å²) in [5.74, 6) is -0.438. The van der Waals surface area contributed by atoms with Crippen LogP contribution in [0.25, 0.3) is 16.7 Å². The van der Waals surface area contributed by atoms with Gasteiger partial charge in [0, 0.05) is 5.69 Å². The highest BCUT2D eigenvalue weighted by Gasteiger charge is 2.14. The summed E-state index contributed by atoms with van der Waals surface area (Å²) >= 11 is 0. The van der Waals surface area contributed by atoms with Gasteiger partial charge in [-0.1, -0.05) is 32.0 Å². The zero-order valence-corrected chi connectivity index (χ0v) is 16.5. The predicted octanol–water partition coefficient (Wildman–Crippen LogP) is 3.48. The van der Waals surface area contributed by atoms with Crippen LogP contribution in [0.4, 0.5) is 10.1 Å². The van der Waals surface area contributed by atoms with E-state index in [1.54, 1.807) is 12.1 Å². The maximum atomic E-state index is 13.2. The first-order valence-electron chi connectivity index (χ1n) is 9.52. The second-order valence-electron chi connectivity index (χ2n) is 7.24. The molecule has 8 heteroatoms. The molecule has 0 atom stereocenters. The standard InChI is InChI=1S/C22H20FN5O2/c1-14(2)17-5-3-4-6-19(17)26-20(29)12-27-13-24-21-18(22(27)30)11-25-28(21)16-9-7-15(23)8-10-16/h3-11,13-14H,12H2,1-2H3,(H,26,29). The van der Waals surface area contributed by atoms with Crippen LogP contribution >= 0.6 is 0 Å². The van der Waals surface area contributed by atoms with Crippen LogP contribution in [0.3, 0.4) is 0 Å². The zero-order chi connectivity index (χ0) is 21.3. The van der Waals surface area contributed by atoms with Gasteiger partial charge in [-0.3, -0.25) is 14.2 Å². The van der Waals surface area contributed by atoms with Crippen molar-refractivity contribution >= 4 is 22.6 Å². The van der Waals surface area contributed by atoms with E-state index in [1.807, 2.05) is 38.1 Å². The van der Waals surface area contributed by atoms with Crippen molar-refractivity contribution in [3.63, 3.8) is 0 Å². The summed E-state index contributed by atoms with van der Waals surface area (Å²) in [5.41, 5.74) is 2.30. The first kappa shape index (κ1) is 19.5. The summed E-state index contributed by atoms with van der Waals surface area (Å²) < 4.78 is 15.9. The van der Waals surface area contributed by atoms with Crippen molar-refractivity contribution in [2.24, 2.45) is 0 Å². The lowest BCUT2D eigenvalue weighted by atomic mass is 10.0. The maximum Gasteiger partial charge on any atom is 0.264 e. The Morgan fingerprint density at radius 2 is 1.87 bits per heavy atom. The molecule has 0 unspecified atom stereocenters. The topological polar surface area (TPSA) is 81.8 Å². The number of nitrogens with one attached hydrogen (secondary N) is 1. The Hall–Kier alpha value is -3.81. The second kappa shape index (κ2) is 7.90. The van der Waals surface area contributed by atoms with Crippen molar-refractivity contribution in [1.29, 1.82) is 0 Å². The number of fused-ring (bicyclic) bond motifs is 1. The molecule has 0 fully saturated rings. The Morgan fingerprint density at radius 1 is 1.13 bits per heavy atom. The summed E-state index contributed by atoms with van der Waals surface area (Å²) in [4.78, 5) is 29.7. The molecule has 152 valence electrons. The third kappa shape index (κ3) is 3.71. The highest BCUT2D eigenvalue weighted by Crippen LogP contribution is 2.23. The molecular formula is C22H20FN5O2. The maximum absolute atomic E-state index is 13.2. The molecular weight excluding hydrogens is 385 g/mol. The van der Waals surface area contributed by atoms with E-state index in [2.05, 4.69) is 15.4 Å².